The molecule has 2 aromatic rings. The van der Waals surface area contributed by atoms with Gasteiger partial charge in [0.25, 0.3) is 0 Å². The van der Waals surface area contributed by atoms with E-state index in [2.05, 4.69) is 24.4 Å². The number of nitrogens with one attached hydrogen (secondary N) is 1. The van der Waals surface area contributed by atoms with Gasteiger partial charge in [-0.3, -0.25) is 4.21 Å². The van der Waals surface area contributed by atoms with E-state index in [1.165, 1.54) is 5.56 Å². The zero-order chi connectivity index (χ0) is 16.5. The second-order valence-electron chi connectivity index (χ2n) is 6.64. The Morgan fingerprint density at radius 3 is 2.43 bits per heavy atom. The Hall–Kier alpha value is -1.16. The molecular formula is C19H22ClNOS. The number of aryl methyl sites for hydroxylation is 1. The summed E-state index contributed by atoms with van der Waals surface area (Å²) in [6.07, 6.45) is 0.768. The molecule has 3 atom stereocenters. The lowest BCUT2D eigenvalue weighted by Gasteiger charge is -2.17. The van der Waals surface area contributed by atoms with Gasteiger partial charge in [-0.2, -0.15) is 0 Å². The van der Waals surface area contributed by atoms with Gasteiger partial charge in [0.15, 0.2) is 0 Å². The minimum absolute atomic E-state index is 0.140. The molecule has 3 rings (SSSR count). The number of alkyl halides is 1. The fourth-order valence-corrected chi connectivity index (χ4v) is 5.22. The highest BCUT2D eigenvalue weighted by atomic mass is 35.5. The predicted molar refractivity (Wildman–Crippen MR) is 97.0 cm³/mol. The van der Waals surface area contributed by atoms with Crippen molar-refractivity contribution in [3.05, 3.63) is 65.7 Å². The summed E-state index contributed by atoms with van der Waals surface area (Å²) in [6.45, 7) is 5.71. The van der Waals surface area contributed by atoms with E-state index in [1.54, 1.807) is 0 Å². The monoisotopic (exact) mass is 347 g/mol. The topological polar surface area (TPSA) is 29.1 Å². The first kappa shape index (κ1) is 16.7. The van der Waals surface area contributed by atoms with Crippen LogP contribution in [0, 0.1) is 12.3 Å². The lowest BCUT2D eigenvalue weighted by atomic mass is 10.1. The molecule has 1 fully saturated rings. The molecule has 1 saturated carbocycles. The summed E-state index contributed by atoms with van der Waals surface area (Å²) in [6, 6.07) is 18.1. The molecule has 0 aliphatic heterocycles. The third-order valence-electron chi connectivity index (χ3n) is 4.61. The molecular weight excluding hydrogens is 326 g/mol. The van der Waals surface area contributed by atoms with Crippen LogP contribution < -0.4 is 5.32 Å². The zero-order valence-electron chi connectivity index (χ0n) is 13.5. The van der Waals surface area contributed by atoms with Crippen molar-refractivity contribution in [2.45, 2.75) is 35.9 Å². The fraction of sp³-hybridized carbons (Fsp3) is 0.368. The zero-order valence-corrected chi connectivity index (χ0v) is 15.1. The SMILES string of the molecule is Cc1ccc(S(=O)[C@]2(Cl)C[C@@]2(C)CNCc2ccccc2)cc1. The molecule has 23 heavy (non-hydrogen) atoms. The summed E-state index contributed by atoms with van der Waals surface area (Å²) in [5, 5.41) is 3.46. The molecule has 1 N–H and O–H groups in total. The van der Waals surface area contributed by atoms with E-state index in [1.807, 2.05) is 49.4 Å². The van der Waals surface area contributed by atoms with Gasteiger partial charge >= 0.3 is 0 Å². The van der Waals surface area contributed by atoms with Crippen molar-refractivity contribution in [3.63, 3.8) is 0 Å². The Morgan fingerprint density at radius 1 is 1.13 bits per heavy atom. The van der Waals surface area contributed by atoms with Crippen molar-refractivity contribution in [2.75, 3.05) is 6.54 Å². The fourth-order valence-electron chi connectivity index (χ4n) is 2.87. The van der Waals surface area contributed by atoms with Crippen molar-refractivity contribution in [2.24, 2.45) is 5.41 Å². The van der Waals surface area contributed by atoms with Gasteiger partial charge in [-0.1, -0.05) is 55.0 Å². The molecule has 122 valence electrons. The quantitative estimate of drug-likeness (QED) is 0.792. The number of rotatable bonds is 6. The van der Waals surface area contributed by atoms with Crippen LogP contribution in [0.5, 0.6) is 0 Å². The second kappa shape index (κ2) is 6.39. The Labute approximate surface area is 145 Å². The van der Waals surface area contributed by atoms with Crippen molar-refractivity contribution >= 4 is 22.4 Å². The number of hydrogen-bond acceptors (Lipinski definition) is 2. The molecule has 2 nitrogen and oxygen atoms in total. The van der Waals surface area contributed by atoms with Gasteiger partial charge in [-0.15, -0.1) is 11.6 Å². The molecule has 0 saturated heterocycles. The molecule has 0 aromatic heterocycles. The molecule has 0 bridgehead atoms. The van der Waals surface area contributed by atoms with Gasteiger partial charge in [0.05, 0.1) is 10.8 Å². The van der Waals surface area contributed by atoms with Crippen LogP contribution in [0.2, 0.25) is 0 Å². The van der Waals surface area contributed by atoms with E-state index >= 15 is 0 Å². The van der Waals surface area contributed by atoms with Gasteiger partial charge in [-0.25, -0.2) is 0 Å². The summed E-state index contributed by atoms with van der Waals surface area (Å²) in [5.74, 6) is 0. The Kier molecular flexibility index (Phi) is 4.63. The van der Waals surface area contributed by atoms with Crippen LogP contribution in [0.1, 0.15) is 24.5 Å². The minimum Gasteiger partial charge on any atom is -0.312 e. The number of benzene rings is 2. The summed E-state index contributed by atoms with van der Waals surface area (Å²) >= 11 is 6.72. The highest BCUT2D eigenvalue weighted by molar-refractivity contribution is 7.88. The smallest absolute Gasteiger partial charge is 0.131 e. The first-order valence-corrected chi connectivity index (χ1v) is 9.40. The van der Waals surface area contributed by atoms with Gasteiger partial charge in [0.1, 0.15) is 4.21 Å². The highest BCUT2D eigenvalue weighted by Crippen LogP contribution is 2.63. The van der Waals surface area contributed by atoms with E-state index < -0.39 is 15.0 Å². The van der Waals surface area contributed by atoms with Crippen LogP contribution in [-0.2, 0) is 17.3 Å². The Balaban J connectivity index is 1.61. The summed E-state index contributed by atoms with van der Waals surface area (Å²) < 4.78 is 12.2. The van der Waals surface area contributed by atoms with Crippen molar-refractivity contribution in [1.82, 2.24) is 5.32 Å². The van der Waals surface area contributed by atoms with Crippen LogP contribution in [0.4, 0.5) is 0 Å². The van der Waals surface area contributed by atoms with Gasteiger partial charge in [0.2, 0.25) is 0 Å². The van der Waals surface area contributed by atoms with Crippen LogP contribution in [0.25, 0.3) is 0 Å². The Morgan fingerprint density at radius 2 is 1.78 bits per heavy atom. The normalized spacial score (nSPS) is 27.6. The van der Waals surface area contributed by atoms with Crippen LogP contribution in [0.3, 0.4) is 0 Å². The molecule has 1 aliphatic carbocycles. The average molecular weight is 348 g/mol. The molecule has 0 heterocycles. The van der Waals surface area contributed by atoms with E-state index in [4.69, 9.17) is 11.6 Å². The second-order valence-corrected chi connectivity index (χ2v) is 9.21. The summed E-state index contributed by atoms with van der Waals surface area (Å²) in [5.41, 5.74) is 2.27. The average Bonchev–Trinajstić information content (AvgIpc) is 3.11. The molecule has 1 aliphatic rings. The van der Waals surface area contributed by atoms with Gasteiger partial charge in [-0.05, 0) is 31.0 Å². The molecule has 0 radical (unpaired) electrons. The van der Waals surface area contributed by atoms with E-state index in [0.29, 0.717) is 0 Å². The minimum atomic E-state index is -1.19. The lowest BCUT2D eigenvalue weighted by Crippen LogP contribution is -2.29. The maximum Gasteiger partial charge on any atom is 0.131 e. The van der Waals surface area contributed by atoms with Gasteiger partial charge < -0.3 is 5.32 Å². The van der Waals surface area contributed by atoms with E-state index in [0.717, 1.165) is 30.0 Å². The molecule has 4 heteroatoms. The summed E-state index contributed by atoms with van der Waals surface area (Å²) in [4.78, 5) is 0.817. The third kappa shape index (κ3) is 3.37. The summed E-state index contributed by atoms with van der Waals surface area (Å²) in [7, 11) is -1.19. The molecule has 2 aromatic carbocycles. The molecule has 1 unspecified atom stereocenters. The van der Waals surface area contributed by atoms with Crippen LogP contribution in [0.15, 0.2) is 59.5 Å². The highest BCUT2D eigenvalue weighted by Gasteiger charge is 2.67. The largest absolute Gasteiger partial charge is 0.312 e. The third-order valence-corrected chi connectivity index (χ3v) is 7.55. The van der Waals surface area contributed by atoms with Crippen LogP contribution >= 0.6 is 11.6 Å². The maximum absolute atomic E-state index is 12.8. The predicted octanol–water partition coefficient (Wildman–Crippen LogP) is 4.24. The number of halogens is 1. The molecule has 0 spiro atoms. The first-order valence-electron chi connectivity index (χ1n) is 7.87. The van der Waals surface area contributed by atoms with Crippen molar-refractivity contribution in [3.8, 4) is 0 Å². The lowest BCUT2D eigenvalue weighted by molar-refractivity contribution is 0.491. The van der Waals surface area contributed by atoms with Crippen molar-refractivity contribution in [1.29, 1.82) is 0 Å². The maximum atomic E-state index is 12.8. The van der Waals surface area contributed by atoms with E-state index in [9.17, 15) is 4.21 Å². The van der Waals surface area contributed by atoms with Crippen molar-refractivity contribution < 1.29 is 4.21 Å². The Bertz CT molecular complexity index is 703. The molecule has 0 amide bonds. The standard InChI is InChI=1S/C19H22ClNOS/c1-15-8-10-17(11-9-15)23(22)19(20)13-18(19,2)14-21-12-16-6-4-3-5-7-16/h3-11,21H,12-14H2,1-2H3/t18-,19+,23?/m0/s1. The van der Waals surface area contributed by atoms with Gasteiger partial charge in [0, 0.05) is 23.4 Å². The van der Waals surface area contributed by atoms with Crippen LogP contribution in [-0.4, -0.2) is 15.0 Å². The van der Waals surface area contributed by atoms with E-state index in [-0.39, 0.29) is 5.41 Å². The first-order chi connectivity index (χ1) is 10.9. The number of hydrogen-bond donors (Lipinski definition) is 1.